The summed E-state index contributed by atoms with van der Waals surface area (Å²) in [5.41, 5.74) is 6.90. The normalized spacial score (nSPS) is 10.0. The molecule has 2 aromatic rings. The molecule has 0 saturated carbocycles. The van der Waals surface area contributed by atoms with Gasteiger partial charge in [-0.1, -0.05) is 12.1 Å². The number of nitrogens with zero attached hydrogens (tertiary/aromatic N) is 1. The lowest BCUT2D eigenvalue weighted by atomic mass is 10.2. The molecule has 14 heavy (non-hydrogen) atoms. The highest BCUT2D eigenvalue weighted by Crippen LogP contribution is 2.15. The lowest BCUT2D eigenvalue weighted by Crippen LogP contribution is -2.05. The van der Waals surface area contributed by atoms with Crippen LogP contribution >= 0.6 is 0 Å². The van der Waals surface area contributed by atoms with E-state index in [1.54, 1.807) is 12.1 Å². The van der Waals surface area contributed by atoms with Gasteiger partial charge in [0.1, 0.15) is 5.82 Å². The lowest BCUT2D eigenvalue weighted by Gasteiger charge is -2.00. The van der Waals surface area contributed by atoms with Crippen molar-refractivity contribution in [3.63, 3.8) is 0 Å². The van der Waals surface area contributed by atoms with Gasteiger partial charge in [0.15, 0.2) is 0 Å². The summed E-state index contributed by atoms with van der Waals surface area (Å²) in [4.78, 5) is 17.7. The highest BCUT2D eigenvalue weighted by Gasteiger charge is 1.99. The zero-order valence-corrected chi connectivity index (χ0v) is 7.40. The van der Waals surface area contributed by atoms with Crippen LogP contribution in [0, 0.1) is 0 Å². The van der Waals surface area contributed by atoms with Crippen LogP contribution in [0.2, 0.25) is 0 Å². The third-order valence-electron chi connectivity index (χ3n) is 1.83. The Balaban J connectivity index is 2.55. The number of aromatic nitrogens is 2. The second-order valence-electron chi connectivity index (χ2n) is 2.91. The van der Waals surface area contributed by atoms with Crippen LogP contribution in [0.1, 0.15) is 0 Å². The zero-order chi connectivity index (χ0) is 9.97. The minimum absolute atomic E-state index is 0.169. The van der Waals surface area contributed by atoms with Crippen molar-refractivity contribution in [2.75, 3.05) is 5.73 Å². The second-order valence-corrected chi connectivity index (χ2v) is 2.91. The quantitative estimate of drug-likeness (QED) is 0.654. The molecule has 0 amide bonds. The number of hydrogen-bond donors (Lipinski definition) is 2. The third kappa shape index (κ3) is 1.64. The van der Waals surface area contributed by atoms with E-state index in [-0.39, 0.29) is 5.56 Å². The van der Waals surface area contributed by atoms with E-state index >= 15 is 0 Å². The fourth-order valence-corrected chi connectivity index (χ4v) is 1.20. The smallest absolute Gasteiger partial charge is 0.251 e. The Hall–Kier alpha value is -2.10. The Labute approximate surface area is 80.4 Å². The first kappa shape index (κ1) is 8.50. The maximum absolute atomic E-state index is 11.0. The van der Waals surface area contributed by atoms with Crippen LogP contribution in [0.5, 0.6) is 0 Å². The van der Waals surface area contributed by atoms with E-state index in [9.17, 15) is 4.79 Å². The molecule has 0 radical (unpaired) electrons. The van der Waals surface area contributed by atoms with Crippen LogP contribution in [-0.4, -0.2) is 9.97 Å². The molecule has 1 heterocycles. The van der Waals surface area contributed by atoms with Gasteiger partial charge in [-0.2, -0.15) is 0 Å². The van der Waals surface area contributed by atoms with E-state index in [0.29, 0.717) is 11.5 Å². The Morgan fingerprint density at radius 2 is 2.14 bits per heavy atom. The molecule has 0 unspecified atom stereocenters. The molecule has 1 aromatic carbocycles. The van der Waals surface area contributed by atoms with Crippen molar-refractivity contribution in [3.8, 4) is 11.4 Å². The molecule has 4 heteroatoms. The Morgan fingerprint density at radius 1 is 1.29 bits per heavy atom. The van der Waals surface area contributed by atoms with E-state index in [2.05, 4.69) is 9.97 Å². The minimum atomic E-state index is -0.169. The van der Waals surface area contributed by atoms with Crippen molar-refractivity contribution < 1.29 is 0 Å². The van der Waals surface area contributed by atoms with Crippen molar-refractivity contribution in [3.05, 3.63) is 46.9 Å². The number of nitrogens with one attached hydrogen (secondary N) is 1. The molecular weight excluding hydrogens is 178 g/mol. The van der Waals surface area contributed by atoms with Crippen LogP contribution in [-0.2, 0) is 0 Å². The van der Waals surface area contributed by atoms with Crippen LogP contribution in [0.15, 0.2) is 41.3 Å². The fraction of sp³-hybridized carbons (Fsp3) is 0. The van der Waals surface area contributed by atoms with Gasteiger partial charge >= 0.3 is 0 Å². The number of nitrogen functional groups attached to an aromatic ring is 1. The largest absolute Gasteiger partial charge is 0.399 e. The number of aromatic amines is 1. The Kier molecular flexibility index (Phi) is 2.02. The first-order valence-electron chi connectivity index (χ1n) is 4.17. The van der Waals surface area contributed by atoms with Gasteiger partial charge < -0.3 is 10.7 Å². The van der Waals surface area contributed by atoms with E-state index in [0.717, 1.165) is 5.56 Å². The number of hydrogen-bond acceptors (Lipinski definition) is 3. The van der Waals surface area contributed by atoms with Crippen LogP contribution < -0.4 is 11.3 Å². The van der Waals surface area contributed by atoms with Gasteiger partial charge in [-0.25, -0.2) is 4.98 Å². The van der Waals surface area contributed by atoms with Crippen molar-refractivity contribution in [2.45, 2.75) is 0 Å². The first-order valence-corrected chi connectivity index (χ1v) is 4.17. The topological polar surface area (TPSA) is 71.8 Å². The molecular formula is C10H9N3O. The van der Waals surface area contributed by atoms with E-state index in [1.807, 2.05) is 12.1 Å². The molecule has 0 saturated heterocycles. The molecule has 0 atom stereocenters. The summed E-state index contributed by atoms with van der Waals surface area (Å²) in [6.07, 6.45) is 1.47. The van der Waals surface area contributed by atoms with Gasteiger partial charge in [-0.05, 0) is 12.1 Å². The average Bonchev–Trinajstić information content (AvgIpc) is 2.18. The number of benzene rings is 1. The second kappa shape index (κ2) is 3.33. The molecule has 1 aromatic heterocycles. The fourth-order valence-electron chi connectivity index (χ4n) is 1.20. The highest BCUT2D eigenvalue weighted by atomic mass is 16.1. The van der Waals surface area contributed by atoms with Gasteiger partial charge in [0.2, 0.25) is 0 Å². The average molecular weight is 187 g/mol. The zero-order valence-electron chi connectivity index (χ0n) is 7.40. The SMILES string of the molecule is Nc1cccc(-c2nccc(=O)[nH]2)c1. The summed E-state index contributed by atoms with van der Waals surface area (Å²) in [6, 6.07) is 8.57. The summed E-state index contributed by atoms with van der Waals surface area (Å²) in [5, 5.41) is 0. The first-order chi connectivity index (χ1) is 6.75. The summed E-state index contributed by atoms with van der Waals surface area (Å²) >= 11 is 0. The van der Waals surface area contributed by atoms with Crippen molar-refractivity contribution in [2.24, 2.45) is 0 Å². The van der Waals surface area contributed by atoms with Crippen LogP contribution in [0.25, 0.3) is 11.4 Å². The lowest BCUT2D eigenvalue weighted by molar-refractivity contribution is 1.13. The standard InChI is InChI=1S/C10H9N3O/c11-8-3-1-2-7(6-8)10-12-5-4-9(14)13-10/h1-6H,11H2,(H,12,13,14). The number of nitrogens with two attached hydrogens (primary N) is 1. The van der Waals surface area contributed by atoms with Crippen molar-refractivity contribution in [1.82, 2.24) is 9.97 Å². The van der Waals surface area contributed by atoms with Gasteiger partial charge in [0.25, 0.3) is 5.56 Å². The van der Waals surface area contributed by atoms with E-state index in [4.69, 9.17) is 5.73 Å². The van der Waals surface area contributed by atoms with E-state index < -0.39 is 0 Å². The number of anilines is 1. The number of rotatable bonds is 1. The predicted octanol–water partition coefficient (Wildman–Crippen LogP) is 1.02. The molecule has 3 N–H and O–H groups in total. The Bertz CT molecular complexity index is 504. The van der Waals surface area contributed by atoms with Crippen molar-refractivity contribution in [1.29, 1.82) is 0 Å². The third-order valence-corrected chi connectivity index (χ3v) is 1.83. The van der Waals surface area contributed by atoms with Gasteiger partial charge in [0.05, 0.1) is 0 Å². The summed E-state index contributed by atoms with van der Waals surface area (Å²) in [5.74, 6) is 0.532. The van der Waals surface area contributed by atoms with Gasteiger partial charge in [0, 0.05) is 23.5 Å². The summed E-state index contributed by atoms with van der Waals surface area (Å²) in [6.45, 7) is 0. The molecule has 0 aliphatic carbocycles. The molecule has 0 aliphatic rings. The molecule has 0 bridgehead atoms. The molecule has 0 fully saturated rings. The van der Waals surface area contributed by atoms with Gasteiger partial charge in [-0.15, -0.1) is 0 Å². The van der Waals surface area contributed by atoms with Crippen LogP contribution in [0.3, 0.4) is 0 Å². The monoisotopic (exact) mass is 187 g/mol. The molecule has 2 rings (SSSR count). The predicted molar refractivity (Wildman–Crippen MR) is 54.7 cm³/mol. The summed E-state index contributed by atoms with van der Waals surface area (Å²) in [7, 11) is 0. The van der Waals surface area contributed by atoms with Crippen molar-refractivity contribution >= 4 is 5.69 Å². The van der Waals surface area contributed by atoms with Gasteiger partial charge in [-0.3, -0.25) is 4.79 Å². The molecule has 70 valence electrons. The molecule has 0 spiro atoms. The maximum Gasteiger partial charge on any atom is 0.251 e. The number of H-pyrrole nitrogens is 1. The molecule has 0 aliphatic heterocycles. The van der Waals surface area contributed by atoms with E-state index in [1.165, 1.54) is 12.3 Å². The summed E-state index contributed by atoms with van der Waals surface area (Å²) < 4.78 is 0. The Morgan fingerprint density at radius 3 is 2.86 bits per heavy atom. The van der Waals surface area contributed by atoms with Crippen LogP contribution in [0.4, 0.5) is 5.69 Å². The highest BCUT2D eigenvalue weighted by molar-refractivity contribution is 5.60. The molecule has 4 nitrogen and oxygen atoms in total. The minimum Gasteiger partial charge on any atom is -0.399 e. The maximum atomic E-state index is 11.0.